The lowest BCUT2D eigenvalue weighted by molar-refractivity contribution is 0.0982. The number of likely N-dealkylation sites (N-methyl/N-ethyl adjacent to an activating group) is 1. The van der Waals surface area contributed by atoms with Gasteiger partial charge in [-0.25, -0.2) is 9.97 Å². The van der Waals surface area contributed by atoms with Crippen molar-refractivity contribution in [1.29, 1.82) is 0 Å². The van der Waals surface area contributed by atoms with E-state index in [1.54, 1.807) is 49.6 Å². The van der Waals surface area contributed by atoms with E-state index in [1.165, 1.54) is 5.69 Å². The van der Waals surface area contributed by atoms with Crippen molar-refractivity contribution < 1.29 is 9.30 Å². The average Bonchev–Trinajstić information content (AvgIpc) is 3.58. The van der Waals surface area contributed by atoms with Gasteiger partial charge in [-0.05, 0) is 63.9 Å². The third kappa shape index (κ3) is 6.30. The third-order valence-electron chi connectivity index (χ3n) is 9.52. The lowest BCUT2D eigenvalue weighted by Crippen LogP contribution is -2.52. The number of ether oxygens (including phenoxy) is 1. The Morgan fingerprint density at radius 1 is 0.917 bits per heavy atom. The molecule has 48 heavy (non-hydrogen) atoms. The molecule has 0 aliphatic carbocycles. The summed E-state index contributed by atoms with van der Waals surface area (Å²) in [6, 6.07) is 8.56. The summed E-state index contributed by atoms with van der Waals surface area (Å²) in [5, 5.41) is 7.76. The van der Waals surface area contributed by atoms with Crippen molar-refractivity contribution in [3.63, 3.8) is 0 Å². The van der Waals surface area contributed by atoms with Gasteiger partial charge in [0.2, 0.25) is 0 Å². The second-order valence-electron chi connectivity index (χ2n) is 13.1. The first-order chi connectivity index (χ1) is 23.1. The minimum atomic E-state index is -2.80. The highest BCUT2D eigenvalue weighted by Gasteiger charge is 2.28. The monoisotopic (exact) mass is 688 g/mol. The molecule has 2 aromatic carbocycles. The number of imidazole rings is 1. The Labute approximate surface area is 285 Å². The summed E-state index contributed by atoms with van der Waals surface area (Å²) in [7, 11) is 1.10. The molecule has 0 radical (unpaired) electrons. The number of anilines is 5. The highest BCUT2D eigenvalue weighted by atomic mass is 35.5. The number of nitrogens with one attached hydrogen (secondary N) is 2. The number of rotatable bonds is 8. The van der Waals surface area contributed by atoms with Crippen molar-refractivity contribution in [3.8, 4) is 5.75 Å². The zero-order valence-corrected chi connectivity index (χ0v) is 29.7. The Bertz CT molecular complexity index is 2010. The van der Waals surface area contributed by atoms with Gasteiger partial charge in [0.25, 0.3) is 0 Å². The van der Waals surface area contributed by atoms with E-state index in [9.17, 15) is 4.57 Å². The summed E-state index contributed by atoms with van der Waals surface area (Å²) in [6.45, 7) is 12.2. The number of methoxy groups -OCH3 is 1. The average molecular weight is 689 g/mol. The molecular formula is C34H42ClN10O2P. The molecule has 7 rings (SSSR count). The zero-order valence-electron chi connectivity index (χ0n) is 28.1. The Morgan fingerprint density at radius 2 is 1.65 bits per heavy atom. The van der Waals surface area contributed by atoms with Gasteiger partial charge in [0.05, 0.1) is 29.3 Å². The van der Waals surface area contributed by atoms with Gasteiger partial charge < -0.3 is 29.7 Å². The van der Waals surface area contributed by atoms with Crippen LogP contribution in [-0.4, -0.2) is 107 Å². The van der Waals surface area contributed by atoms with E-state index in [4.69, 9.17) is 21.3 Å². The van der Waals surface area contributed by atoms with Gasteiger partial charge >= 0.3 is 0 Å². The van der Waals surface area contributed by atoms with Gasteiger partial charge in [0, 0.05) is 81.9 Å². The molecule has 2 N–H and O–H groups in total. The Hall–Kier alpha value is -3.96. The lowest BCUT2D eigenvalue weighted by Gasteiger charge is -2.43. The van der Waals surface area contributed by atoms with E-state index in [0.717, 1.165) is 63.4 Å². The predicted octanol–water partition coefficient (Wildman–Crippen LogP) is 5.59. The molecule has 0 bridgehead atoms. The van der Waals surface area contributed by atoms with Crippen molar-refractivity contribution in [2.24, 2.45) is 0 Å². The Kier molecular flexibility index (Phi) is 8.93. The molecule has 2 fully saturated rings. The van der Waals surface area contributed by atoms with Crippen LogP contribution < -0.4 is 25.6 Å². The van der Waals surface area contributed by atoms with E-state index in [2.05, 4.69) is 66.4 Å². The SMILES string of the molecule is COc1cc(N2CCC(N3CCN(C)CC3)CC2)c(C)cc1Nc1nc(Nc2ccc3nccnc3c2P(C)(C)=O)c(Cl)n2ccnc12. The van der Waals surface area contributed by atoms with Crippen LogP contribution >= 0.6 is 18.7 Å². The molecule has 0 unspecified atom stereocenters. The molecule has 2 aliphatic rings. The quantitative estimate of drug-likeness (QED) is 0.199. The molecule has 0 saturated carbocycles. The van der Waals surface area contributed by atoms with Crippen LogP contribution in [-0.2, 0) is 4.57 Å². The maximum Gasteiger partial charge on any atom is 0.181 e. The minimum Gasteiger partial charge on any atom is -0.494 e. The highest BCUT2D eigenvalue weighted by Crippen LogP contribution is 2.42. The smallest absolute Gasteiger partial charge is 0.181 e. The first-order valence-corrected chi connectivity index (χ1v) is 19.3. The number of nitrogens with zero attached hydrogens (tertiary/aromatic N) is 8. The van der Waals surface area contributed by atoms with Crippen LogP contribution in [0.2, 0.25) is 5.15 Å². The molecule has 0 amide bonds. The number of hydrogen-bond donors (Lipinski definition) is 2. The number of aromatic nitrogens is 5. The molecular weight excluding hydrogens is 647 g/mol. The summed E-state index contributed by atoms with van der Waals surface area (Å²) in [4.78, 5) is 25.9. The fourth-order valence-corrected chi connectivity index (χ4v) is 8.61. The van der Waals surface area contributed by atoms with E-state index in [1.807, 2.05) is 12.1 Å². The van der Waals surface area contributed by atoms with E-state index in [-0.39, 0.29) is 0 Å². The Morgan fingerprint density at radius 3 is 2.38 bits per heavy atom. The van der Waals surface area contributed by atoms with Crippen LogP contribution in [0.25, 0.3) is 16.7 Å². The summed E-state index contributed by atoms with van der Waals surface area (Å²) in [5.41, 5.74) is 5.50. The van der Waals surface area contributed by atoms with Crippen molar-refractivity contribution >= 4 is 69.4 Å². The maximum absolute atomic E-state index is 13.5. The fraction of sp³-hybridized carbons (Fsp3) is 0.412. The van der Waals surface area contributed by atoms with Crippen LogP contribution in [0.4, 0.5) is 28.7 Å². The van der Waals surface area contributed by atoms with Gasteiger partial charge in [0.1, 0.15) is 18.4 Å². The number of piperidine rings is 1. The second-order valence-corrected chi connectivity index (χ2v) is 16.6. The summed E-state index contributed by atoms with van der Waals surface area (Å²) in [6.07, 6.45) is 9.00. The molecule has 3 aromatic heterocycles. The summed E-state index contributed by atoms with van der Waals surface area (Å²) >= 11 is 6.89. The third-order valence-corrected chi connectivity index (χ3v) is 11.4. The number of piperazine rings is 1. The van der Waals surface area contributed by atoms with Gasteiger partial charge in [-0.2, -0.15) is 0 Å². The first-order valence-electron chi connectivity index (χ1n) is 16.3. The molecule has 0 spiro atoms. The van der Waals surface area contributed by atoms with Crippen molar-refractivity contribution in [2.45, 2.75) is 25.8 Å². The normalized spacial score (nSPS) is 16.9. The van der Waals surface area contributed by atoms with Crippen LogP contribution in [0.15, 0.2) is 49.1 Å². The Balaban J connectivity index is 1.17. The summed E-state index contributed by atoms with van der Waals surface area (Å²) < 4.78 is 21.2. The molecule has 2 saturated heterocycles. The molecule has 5 heterocycles. The minimum absolute atomic E-state index is 0.332. The molecule has 14 heteroatoms. The maximum atomic E-state index is 13.5. The van der Waals surface area contributed by atoms with Crippen LogP contribution in [0.5, 0.6) is 5.75 Å². The van der Waals surface area contributed by atoms with E-state index < -0.39 is 7.14 Å². The first kappa shape index (κ1) is 32.6. The van der Waals surface area contributed by atoms with Crippen molar-refractivity contribution in [3.05, 3.63) is 59.8 Å². The van der Waals surface area contributed by atoms with Crippen LogP contribution in [0.1, 0.15) is 18.4 Å². The van der Waals surface area contributed by atoms with Gasteiger partial charge in [0.15, 0.2) is 22.4 Å². The number of halogens is 1. The molecule has 2 aliphatic heterocycles. The van der Waals surface area contributed by atoms with Crippen molar-refractivity contribution in [1.82, 2.24) is 34.1 Å². The number of benzene rings is 2. The number of aryl methyl sites for hydroxylation is 1. The van der Waals surface area contributed by atoms with Gasteiger partial charge in [-0.3, -0.25) is 19.3 Å². The van der Waals surface area contributed by atoms with Gasteiger partial charge in [-0.15, -0.1) is 0 Å². The van der Waals surface area contributed by atoms with Crippen molar-refractivity contribution in [2.75, 3.05) is 82.3 Å². The molecule has 252 valence electrons. The van der Waals surface area contributed by atoms with E-state index >= 15 is 0 Å². The fourth-order valence-electron chi connectivity index (χ4n) is 6.99. The zero-order chi connectivity index (χ0) is 33.6. The lowest BCUT2D eigenvalue weighted by atomic mass is 10.0. The van der Waals surface area contributed by atoms with Crippen LogP contribution in [0.3, 0.4) is 0 Å². The molecule has 12 nitrogen and oxygen atoms in total. The number of hydrogen-bond acceptors (Lipinski definition) is 11. The standard InChI is InChI=1S/C34H42ClN10O2P/c1-22-20-26(28(47-3)21-27(22)44-13-8-23(9-14-44)43-18-16-42(2)17-19-43)40-33-34-38-12-15-45(34)31(35)32(41-33)39-25-7-6-24-29(37-11-10-36-24)30(25)48(4,5)46/h6-7,10-12,15,20-21,23,39H,8-9,13-14,16-19H2,1-5H3,(H,40,41). The van der Waals surface area contributed by atoms with E-state index in [0.29, 0.717) is 56.3 Å². The predicted molar refractivity (Wildman–Crippen MR) is 195 cm³/mol. The van der Waals surface area contributed by atoms with Gasteiger partial charge in [-0.1, -0.05) is 11.6 Å². The highest BCUT2D eigenvalue weighted by molar-refractivity contribution is 7.71. The molecule has 5 aromatic rings. The van der Waals surface area contributed by atoms with Crippen LogP contribution in [0, 0.1) is 6.92 Å². The summed E-state index contributed by atoms with van der Waals surface area (Å²) in [5.74, 6) is 1.57. The molecule has 0 atom stereocenters. The topological polar surface area (TPSA) is 116 Å². The largest absolute Gasteiger partial charge is 0.494 e. The number of fused-ring (bicyclic) bond motifs is 2. The second kappa shape index (κ2) is 13.2.